The molecule has 33 heavy (non-hydrogen) atoms. The molecule has 3 aromatic rings. The van der Waals surface area contributed by atoms with Crippen LogP contribution in [0.15, 0.2) is 66.3 Å². The van der Waals surface area contributed by atoms with Gasteiger partial charge in [0.2, 0.25) is 5.91 Å². The smallest absolute Gasteiger partial charge is 0.251 e. The van der Waals surface area contributed by atoms with E-state index in [1.807, 2.05) is 36.6 Å². The maximum absolute atomic E-state index is 12.6. The van der Waals surface area contributed by atoms with Crippen LogP contribution < -0.4 is 15.4 Å². The van der Waals surface area contributed by atoms with Gasteiger partial charge in [-0.05, 0) is 38.1 Å². The van der Waals surface area contributed by atoms with E-state index in [-0.39, 0.29) is 23.6 Å². The zero-order chi connectivity index (χ0) is 23.8. The fourth-order valence-corrected chi connectivity index (χ4v) is 3.86. The van der Waals surface area contributed by atoms with Gasteiger partial charge < -0.3 is 19.9 Å². The van der Waals surface area contributed by atoms with Gasteiger partial charge in [0.1, 0.15) is 5.75 Å². The summed E-state index contributed by atoms with van der Waals surface area (Å²) in [6, 6.07) is 14.1. The highest BCUT2D eigenvalue weighted by molar-refractivity contribution is 7.99. The van der Waals surface area contributed by atoms with Gasteiger partial charge in [-0.1, -0.05) is 41.6 Å². The highest BCUT2D eigenvalue weighted by Crippen LogP contribution is 2.22. The number of hydrogen-bond donors (Lipinski definition) is 2. The van der Waals surface area contributed by atoms with Crippen LogP contribution in [0.4, 0.5) is 5.69 Å². The first-order valence-corrected chi connectivity index (χ1v) is 11.4. The summed E-state index contributed by atoms with van der Waals surface area (Å²) in [4.78, 5) is 25.0. The summed E-state index contributed by atoms with van der Waals surface area (Å²) >= 11 is 1.26. The van der Waals surface area contributed by atoms with Crippen LogP contribution in [-0.4, -0.2) is 39.4 Å². The average Bonchev–Trinajstić information content (AvgIpc) is 3.21. The van der Waals surface area contributed by atoms with E-state index in [0.29, 0.717) is 34.5 Å². The van der Waals surface area contributed by atoms with E-state index >= 15 is 0 Å². The molecule has 0 aliphatic heterocycles. The fraction of sp³-hybridized carbons (Fsp3) is 0.250. The zero-order valence-electron chi connectivity index (χ0n) is 18.9. The number of anilines is 1. The molecule has 1 atom stereocenters. The molecule has 8 nitrogen and oxygen atoms in total. The van der Waals surface area contributed by atoms with Gasteiger partial charge in [-0.2, -0.15) is 0 Å². The van der Waals surface area contributed by atoms with Gasteiger partial charge in [-0.25, -0.2) is 0 Å². The van der Waals surface area contributed by atoms with Crippen molar-refractivity contribution in [3.8, 4) is 5.75 Å². The number of carbonyl (C=O) groups is 2. The molecule has 3 rings (SSSR count). The Labute approximate surface area is 197 Å². The van der Waals surface area contributed by atoms with Crippen molar-refractivity contribution >= 4 is 29.3 Å². The predicted molar refractivity (Wildman–Crippen MR) is 130 cm³/mol. The Bertz CT molecular complexity index is 1130. The molecule has 9 heteroatoms. The van der Waals surface area contributed by atoms with E-state index in [0.717, 1.165) is 5.56 Å². The Morgan fingerprint density at radius 1 is 1.21 bits per heavy atom. The van der Waals surface area contributed by atoms with E-state index in [9.17, 15) is 9.59 Å². The normalized spacial score (nSPS) is 11.5. The quantitative estimate of drug-likeness (QED) is 0.347. The van der Waals surface area contributed by atoms with Crippen molar-refractivity contribution in [3.63, 3.8) is 0 Å². The summed E-state index contributed by atoms with van der Waals surface area (Å²) in [6.45, 7) is 8.07. The number of amides is 2. The number of aromatic nitrogens is 3. The number of hydrogen-bond acceptors (Lipinski definition) is 6. The van der Waals surface area contributed by atoms with Crippen molar-refractivity contribution in [2.75, 3.05) is 18.2 Å². The second kappa shape index (κ2) is 11.3. The van der Waals surface area contributed by atoms with Crippen molar-refractivity contribution in [3.05, 3.63) is 78.1 Å². The Morgan fingerprint density at radius 3 is 2.67 bits per heavy atom. The fourth-order valence-electron chi connectivity index (χ4n) is 3.11. The lowest BCUT2D eigenvalue weighted by Gasteiger charge is -2.15. The van der Waals surface area contributed by atoms with Crippen LogP contribution in [0.1, 0.15) is 34.7 Å². The van der Waals surface area contributed by atoms with Gasteiger partial charge in [0.15, 0.2) is 11.0 Å². The Morgan fingerprint density at radius 2 is 1.97 bits per heavy atom. The average molecular weight is 466 g/mol. The van der Waals surface area contributed by atoms with Gasteiger partial charge in [-0.15, -0.1) is 16.8 Å². The first-order chi connectivity index (χ1) is 15.9. The van der Waals surface area contributed by atoms with Crippen LogP contribution in [0.2, 0.25) is 0 Å². The first-order valence-electron chi connectivity index (χ1n) is 10.4. The van der Waals surface area contributed by atoms with Gasteiger partial charge in [0.25, 0.3) is 5.91 Å². The number of allylic oxidation sites excluding steroid dienone is 1. The number of nitrogens with one attached hydrogen (secondary N) is 2. The molecule has 2 aromatic carbocycles. The molecule has 1 heterocycles. The third kappa shape index (κ3) is 6.45. The minimum atomic E-state index is -0.383. The van der Waals surface area contributed by atoms with Gasteiger partial charge in [-0.3, -0.25) is 9.59 Å². The molecule has 0 radical (unpaired) electrons. The molecule has 2 N–H and O–H groups in total. The Hall–Kier alpha value is -3.59. The molecular weight excluding hydrogens is 438 g/mol. The van der Waals surface area contributed by atoms with Crippen molar-refractivity contribution < 1.29 is 14.3 Å². The zero-order valence-corrected chi connectivity index (χ0v) is 19.7. The SMILES string of the molecule is C=CCn1c(SCC(=O)Nc2cccc(OC)c2)nnc1[C@@H](C)NC(=O)c1ccc(C)cc1. The molecule has 2 amide bonds. The van der Waals surface area contributed by atoms with Crippen LogP contribution in [-0.2, 0) is 11.3 Å². The lowest BCUT2D eigenvalue weighted by molar-refractivity contribution is -0.113. The minimum absolute atomic E-state index is 0.149. The van der Waals surface area contributed by atoms with Gasteiger partial charge in [0, 0.05) is 23.9 Å². The number of benzene rings is 2. The number of aryl methyl sites for hydroxylation is 1. The lowest BCUT2D eigenvalue weighted by Crippen LogP contribution is -2.28. The summed E-state index contributed by atoms with van der Waals surface area (Å²) in [5.41, 5.74) is 2.31. The topological polar surface area (TPSA) is 98.1 Å². The minimum Gasteiger partial charge on any atom is -0.497 e. The standard InChI is InChI=1S/C24H27N5O3S/c1-5-13-29-22(17(3)25-23(31)18-11-9-16(2)10-12-18)27-28-24(29)33-15-21(30)26-19-7-6-8-20(14-19)32-4/h5-12,14,17H,1,13,15H2,2-4H3,(H,25,31)(H,26,30)/t17-/m1/s1. The largest absolute Gasteiger partial charge is 0.497 e. The predicted octanol–water partition coefficient (Wildman–Crippen LogP) is 4.00. The maximum atomic E-state index is 12.6. The lowest BCUT2D eigenvalue weighted by atomic mass is 10.1. The van der Waals surface area contributed by atoms with E-state index in [1.54, 1.807) is 43.5 Å². The molecule has 0 spiro atoms. The number of rotatable bonds is 10. The van der Waals surface area contributed by atoms with Crippen molar-refractivity contribution in [2.24, 2.45) is 0 Å². The van der Waals surface area contributed by atoms with Crippen LogP contribution in [0.3, 0.4) is 0 Å². The number of ether oxygens (including phenoxy) is 1. The molecule has 0 saturated carbocycles. The highest BCUT2D eigenvalue weighted by Gasteiger charge is 2.20. The van der Waals surface area contributed by atoms with Crippen molar-refractivity contribution in [1.29, 1.82) is 0 Å². The number of carbonyl (C=O) groups excluding carboxylic acids is 2. The molecule has 0 aliphatic rings. The third-order valence-electron chi connectivity index (χ3n) is 4.79. The summed E-state index contributed by atoms with van der Waals surface area (Å²) in [5, 5.41) is 14.9. The van der Waals surface area contributed by atoms with Crippen LogP contribution in [0, 0.1) is 6.92 Å². The number of thioether (sulfide) groups is 1. The van der Waals surface area contributed by atoms with Crippen molar-refractivity contribution in [1.82, 2.24) is 20.1 Å². The number of nitrogens with zero attached hydrogens (tertiary/aromatic N) is 3. The molecule has 0 fully saturated rings. The van der Waals surface area contributed by atoms with Crippen LogP contribution in [0.5, 0.6) is 5.75 Å². The summed E-state index contributed by atoms with van der Waals surface area (Å²) in [5.74, 6) is 1.03. The molecule has 0 bridgehead atoms. The Kier molecular flexibility index (Phi) is 8.26. The van der Waals surface area contributed by atoms with Crippen LogP contribution >= 0.6 is 11.8 Å². The van der Waals surface area contributed by atoms with E-state index in [2.05, 4.69) is 27.4 Å². The third-order valence-corrected chi connectivity index (χ3v) is 5.76. The summed E-state index contributed by atoms with van der Waals surface area (Å²) in [6.07, 6.45) is 1.72. The highest BCUT2D eigenvalue weighted by atomic mass is 32.2. The van der Waals surface area contributed by atoms with E-state index in [4.69, 9.17) is 4.74 Å². The molecule has 0 aliphatic carbocycles. The Balaban J connectivity index is 1.65. The number of methoxy groups -OCH3 is 1. The second-order valence-electron chi connectivity index (χ2n) is 7.37. The molecule has 0 saturated heterocycles. The maximum Gasteiger partial charge on any atom is 0.251 e. The van der Waals surface area contributed by atoms with Gasteiger partial charge in [0.05, 0.1) is 18.9 Å². The molecule has 0 unspecified atom stereocenters. The molecular formula is C24H27N5O3S. The van der Waals surface area contributed by atoms with Crippen molar-refractivity contribution in [2.45, 2.75) is 31.6 Å². The molecule has 172 valence electrons. The van der Waals surface area contributed by atoms with E-state index < -0.39 is 0 Å². The summed E-state index contributed by atoms with van der Waals surface area (Å²) in [7, 11) is 1.57. The van der Waals surface area contributed by atoms with Crippen LogP contribution in [0.25, 0.3) is 0 Å². The second-order valence-corrected chi connectivity index (χ2v) is 8.31. The van der Waals surface area contributed by atoms with Gasteiger partial charge >= 0.3 is 0 Å². The summed E-state index contributed by atoms with van der Waals surface area (Å²) < 4.78 is 7.02. The monoisotopic (exact) mass is 465 g/mol. The first kappa shape index (κ1) is 24.1. The molecule has 1 aromatic heterocycles. The van der Waals surface area contributed by atoms with E-state index in [1.165, 1.54) is 11.8 Å².